The number of methoxy groups -OCH3 is 1. The van der Waals surface area contributed by atoms with Gasteiger partial charge in [0.25, 0.3) is 0 Å². The molecule has 3 rings (SSSR count). The molecule has 0 fully saturated rings. The molecule has 3 aromatic rings. The van der Waals surface area contributed by atoms with Crippen LogP contribution in [0.3, 0.4) is 0 Å². The van der Waals surface area contributed by atoms with Gasteiger partial charge in [-0.25, -0.2) is 0 Å². The Bertz CT molecular complexity index is 1010. The van der Waals surface area contributed by atoms with Crippen molar-refractivity contribution in [3.05, 3.63) is 70.8 Å². The average molecular weight is 399 g/mol. The molecule has 7 nitrogen and oxygen atoms in total. The minimum Gasteiger partial charge on any atom is -0.497 e. The van der Waals surface area contributed by atoms with Crippen molar-refractivity contribution in [3.8, 4) is 11.4 Å². The molecule has 1 heterocycles. The Kier molecular flexibility index (Phi) is 6.06. The number of rotatable bonds is 7. The molecule has 0 atom stereocenters. The Morgan fingerprint density at radius 2 is 2.00 bits per heavy atom. The zero-order valence-electron chi connectivity index (χ0n) is 15.5. The monoisotopic (exact) mass is 398 g/mol. The van der Waals surface area contributed by atoms with E-state index in [2.05, 4.69) is 15.2 Å². The van der Waals surface area contributed by atoms with Crippen LogP contribution >= 0.6 is 11.6 Å². The first kappa shape index (κ1) is 19.6. The molecule has 28 heavy (non-hydrogen) atoms. The number of aliphatic imine (C=N–C) groups is 1. The second-order valence-corrected chi connectivity index (χ2v) is 6.45. The summed E-state index contributed by atoms with van der Waals surface area (Å²) in [7, 11) is 1.59. The molecule has 0 bridgehead atoms. The fourth-order valence-electron chi connectivity index (χ4n) is 2.77. The quantitative estimate of drug-likeness (QED) is 0.615. The van der Waals surface area contributed by atoms with Crippen LogP contribution in [0.4, 0.5) is 0 Å². The van der Waals surface area contributed by atoms with Gasteiger partial charge in [0, 0.05) is 16.1 Å². The highest BCUT2D eigenvalue weighted by Gasteiger charge is 2.16. The number of nitrogens with zero attached hydrogens (tertiary/aromatic N) is 4. The lowest BCUT2D eigenvalue weighted by atomic mass is 9.99. The number of benzene rings is 2. The van der Waals surface area contributed by atoms with E-state index in [4.69, 9.17) is 21.4 Å². The first-order valence-electron chi connectivity index (χ1n) is 8.57. The van der Waals surface area contributed by atoms with Crippen LogP contribution < -0.4 is 4.74 Å². The van der Waals surface area contributed by atoms with Crippen molar-refractivity contribution in [1.82, 2.24) is 14.8 Å². The summed E-state index contributed by atoms with van der Waals surface area (Å²) in [4.78, 5) is 15.6. The largest absolute Gasteiger partial charge is 0.497 e. The lowest BCUT2D eigenvalue weighted by molar-refractivity contribution is -0.136. The number of aryl methyl sites for hydroxylation is 1. The van der Waals surface area contributed by atoms with Gasteiger partial charge >= 0.3 is 5.97 Å². The zero-order valence-corrected chi connectivity index (χ0v) is 16.2. The van der Waals surface area contributed by atoms with E-state index in [1.54, 1.807) is 25.6 Å². The predicted molar refractivity (Wildman–Crippen MR) is 107 cm³/mol. The molecular formula is C20H19ClN4O3. The van der Waals surface area contributed by atoms with Crippen LogP contribution in [-0.2, 0) is 4.79 Å². The summed E-state index contributed by atoms with van der Waals surface area (Å²) >= 11 is 6.03. The van der Waals surface area contributed by atoms with E-state index in [1.807, 2.05) is 41.8 Å². The molecule has 0 unspecified atom stereocenters. The number of aliphatic carboxylic acids is 1. The maximum atomic E-state index is 11.0. The Balaban J connectivity index is 2.19. The number of hydrogen-bond donors (Lipinski definition) is 1. The van der Waals surface area contributed by atoms with Gasteiger partial charge in [-0.15, -0.1) is 10.2 Å². The van der Waals surface area contributed by atoms with Crippen molar-refractivity contribution in [2.24, 2.45) is 4.99 Å². The van der Waals surface area contributed by atoms with Gasteiger partial charge in [-0.1, -0.05) is 23.7 Å². The molecule has 8 heteroatoms. The molecule has 0 aliphatic rings. The maximum Gasteiger partial charge on any atom is 0.305 e. The highest BCUT2D eigenvalue weighted by molar-refractivity contribution is 6.30. The lowest BCUT2D eigenvalue weighted by Gasteiger charge is -2.15. The zero-order chi connectivity index (χ0) is 20.1. The number of ether oxygens (including phenoxy) is 1. The molecule has 1 N–H and O–H groups in total. The smallest absolute Gasteiger partial charge is 0.305 e. The van der Waals surface area contributed by atoms with Gasteiger partial charge in [0.15, 0.2) is 0 Å². The summed E-state index contributed by atoms with van der Waals surface area (Å²) < 4.78 is 7.24. The van der Waals surface area contributed by atoms with Crippen LogP contribution in [0.5, 0.6) is 5.75 Å². The lowest BCUT2D eigenvalue weighted by Crippen LogP contribution is -2.11. The van der Waals surface area contributed by atoms with E-state index in [-0.39, 0.29) is 13.0 Å². The Hall–Kier alpha value is -3.19. The van der Waals surface area contributed by atoms with E-state index in [0.717, 1.165) is 16.8 Å². The van der Waals surface area contributed by atoms with Gasteiger partial charge in [-0.05, 0) is 37.3 Å². The number of carboxylic acid groups (broad SMARTS) is 1. The molecule has 0 saturated heterocycles. The SMILES string of the molecule is COc1ccc(-n2cnnc2C)c(C(=NCCC(=O)O)c2ccc(Cl)cc2)c1. The van der Waals surface area contributed by atoms with Gasteiger partial charge in [0.2, 0.25) is 0 Å². The molecule has 0 amide bonds. The van der Waals surface area contributed by atoms with Crippen LogP contribution in [0.2, 0.25) is 5.02 Å². The van der Waals surface area contributed by atoms with Crippen molar-refractivity contribution in [2.45, 2.75) is 13.3 Å². The van der Waals surface area contributed by atoms with E-state index in [0.29, 0.717) is 22.3 Å². The number of aromatic nitrogens is 3. The van der Waals surface area contributed by atoms with Gasteiger partial charge in [0.1, 0.15) is 17.9 Å². The van der Waals surface area contributed by atoms with Crippen LogP contribution in [0.15, 0.2) is 53.8 Å². The fraction of sp³-hybridized carbons (Fsp3) is 0.200. The second-order valence-electron chi connectivity index (χ2n) is 6.01. The summed E-state index contributed by atoms with van der Waals surface area (Å²) in [5.41, 5.74) is 3.04. The summed E-state index contributed by atoms with van der Waals surface area (Å²) in [6.45, 7) is 2.00. The summed E-state index contributed by atoms with van der Waals surface area (Å²) in [6.07, 6.45) is 1.55. The number of hydrogen-bond acceptors (Lipinski definition) is 5. The topological polar surface area (TPSA) is 89.6 Å². The molecule has 0 aliphatic carbocycles. The van der Waals surface area contributed by atoms with E-state index >= 15 is 0 Å². The minimum atomic E-state index is -0.903. The second kappa shape index (κ2) is 8.67. The maximum absolute atomic E-state index is 11.0. The number of carboxylic acids is 1. The normalized spacial score (nSPS) is 11.5. The van der Waals surface area contributed by atoms with Crippen molar-refractivity contribution in [2.75, 3.05) is 13.7 Å². The Labute approximate surface area is 167 Å². The molecule has 1 aromatic heterocycles. The van der Waals surface area contributed by atoms with E-state index < -0.39 is 5.97 Å². The molecule has 0 saturated carbocycles. The van der Waals surface area contributed by atoms with E-state index in [9.17, 15) is 4.79 Å². The highest BCUT2D eigenvalue weighted by atomic mass is 35.5. The van der Waals surface area contributed by atoms with Crippen LogP contribution in [-0.4, -0.2) is 45.2 Å². The van der Waals surface area contributed by atoms with Gasteiger partial charge < -0.3 is 9.84 Å². The van der Waals surface area contributed by atoms with Crippen LogP contribution in [0.1, 0.15) is 23.4 Å². The van der Waals surface area contributed by atoms with E-state index in [1.165, 1.54) is 0 Å². The highest BCUT2D eigenvalue weighted by Crippen LogP contribution is 2.26. The fourth-order valence-corrected chi connectivity index (χ4v) is 2.90. The number of halogens is 1. The summed E-state index contributed by atoms with van der Waals surface area (Å²) in [6, 6.07) is 12.8. The Morgan fingerprint density at radius 3 is 2.61 bits per heavy atom. The summed E-state index contributed by atoms with van der Waals surface area (Å²) in [5, 5.41) is 17.6. The van der Waals surface area contributed by atoms with Gasteiger partial charge in [-0.2, -0.15) is 0 Å². The first-order chi connectivity index (χ1) is 13.5. The molecule has 0 radical (unpaired) electrons. The molecule has 0 spiro atoms. The molecule has 0 aliphatic heterocycles. The Morgan fingerprint density at radius 1 is 1.25 bits per heavy atom. The predicted octanol–water partition coefficient (Wildman–Crippen LogP) is 3.55. The number of carbonyl (C=O) groups is 1. The van der Waals surface area contributed by atoms with Crippen molar-refractivity contribution < 1.29 is 14.6 Å². The van der Waals surface area contributed by atoms with Crippen LogP contribution in [0.25, 0.3) is 5.69 Å². The molecule has 144 valence electrons. The third-order valence-corrected chi connectivity index (χ3v) is 4.40. The standard InChI is InChI=1S/C20H19ClN4O3/c1-13-24-23-12-25(13)18-8-7-16(28-2)11-17(18)20(22-10-9-19(26)27)14-3-5-15(21)6-4-14/h3-8,11-12H,9-10H2,1-2H3,(H,26,27). The van der Waals surface area contributed by atoms with Crippen molar-refractivity contribution in [3.63, 3.8) is 0 Å². The average Bonchev–Trinajstić information content (AvgIpc) is 3.11. The van der Waals surface area contributed by atoms with Crippen molar-refractivity contribution in [1.29, 1.82) is 0 Å². The minimum absolute atomic E-state index is 0.0674. The molecule has 2 aromatic carbocycles. The van der Waals surface area contributed by atoms with Crippen molar-refractivity contribution >= 4 is 23.3 Å². The summed E-state index contributed by atoms with van der Waals surface area (Å²) in [5.74, 6) is 0.469. The third kappa shape index (κ3) is 4.37. The van der Waals surface area contributed by atoms with Gasteiger partial charge in [-0.3, -0.25) is 14.4 Å². The third-order valence-electron chi connectivity index (χ3n) is 4.15. The van der Waals surface area contributed by atoms with Crippen LogP contribution in [0, 0.1) is 6.92 Å². The molecular weight excluding hydrogens is 380 g/mol. The van der Waals surface area contributed by atoms with Gasteiger partial charge in [0.05, 0.1) is 31.5 Å². The first-order valence-corrected chi connectivity index (χ1v) is 8.95.